The Kier molecular flexibility index (Phi) is 3.39. The second kappa shape index (κ2) is 5.21. The first kappa shape index (κ1) is 13.6. The van der Waals surface area contributed by atoms with E-state index in [-0.39, 0.29) is 5.91 Å². The minimum absolute atomic E-state index is 0.253. The molecule has 1 amide bonds. The number of para-hydroxylation sites is 1. The number of nitrogens with two attached hydrogens (primary N) is 1. The second-order valence-electron chi connectivity index (χ2n) is 4.68. The summed E-state index contributed by atoms with van der Waals surface area (Å²) in [5.74, 6) is -0.253. The second-order valence-corrected chi connectivity index (χ2v) is 5.54. The van der Waals surface area contributed by atoms with Crippen molar-refractivity contribution in [2.75, 3.05) is 11.1 Å². The summed E-state index contributed by atoms with van der Waals surface area (Å²) >= 11 is 3.38. The quantitative estimate of drug-likeness (QED) is 0.701. The molecule has 0 aliphatic carbocycles. The number of aromatic nitrogens is 2. The molecular formula is C15H13BrN4O. The van der Waals surface area contributed by atoms with Crippen LogP contribution in [0.2, 0.25) is 0 Å². The first-order chi connectivity index (χ1) is 10.1. The summed E-state index contributed by atoms with van der Waals surface area (Å²) in [6.45, 7) is 0. The van der Waals surface area contributed by atoms with E-state index in [1.54, 1.807) is 22.9 Å². The zero-order chi connectivity index (χ0) is 15.0. The van der Waals surface area contributed by atoms with Crippen LogP contribution >= 0.6 is 15.9 Å². The van der Waals surface area contributed by atoms with Gasteiger partial charge in [-0.25, -0.2) is 0 Å². The molecule has 0 fully saturated rings. The molecule has 2 aromatic carbocycles. The van der Waals surface area contributed by atoms with Gasteiger partial charge >= 0.3 is 0 Å². The number of carbonyl (C=O) groups excluding carboxylic acids is 1. The number of nitrogens with one attached hydrogen (secondary N) is 1. The number of nitrogens with zero attached hydrogens (tertiary/aromatic N) is 2. The lowest BCUT2D eigenvalue weighted by Gasteiger charge is -2.06. The van der Waals surface area contributed by atoms with Crippen LogP contribution < -0.4 is 11.1 Å². The summed E-state index contributed by atoms with van der Waals surface area (Å²) in [5, 5.41) is 7.96. The number of nitrogen functional groups attached to an aromatic ring is 1. The molecule has 5 nitrogen and oxygen atoms in total. The standard InChI is InChI=1S/C15H13BrN4O/c1-20-13-5-3-2-4-10(13)14(19-20)15(21)18-12-7-6-9(17)8-11(12)16/h2-8H,17H2,1H3,(H,18,21). The molecular weight excluding hydrogens is 332 g/mol. The van der Waals surface area contributed by atoms with Gasteiger partial charge in [0.1, 0.15) is 0 Å². The average Bonchev–Trinajstić information content (AvgIpc) is 2.80. The SMILES string of the molecule is Cn1nc(C(=O)Nc2ccc(N)cc2Br)c2ccccc21. The van der Waals surface area contributed by atoms with Crippen molar-refractivity contribution in [3.8, 4) is 0 Å². The van der Waals surface area contributed by atoms with Gasteiger partial charge in [-0.1, -0.05) is 18.2 Å². The van der Waals surface area contributed by atoms with Crippen LogP contribution in [0.15, 0.2) is 46.9 Å². The number of fused-ring (bicyclic) bond motifs is 1. The van der Waals surface area contributed by atoms with E-state index in [1.165, 1.54) is 0 Å². The molecule has 0 aliphatic rings. The Morgan fingerprint density at radius 3 is 2.81 bits per heavy atom. The maximum atomic E-state index is 12.4. The maximum absolute atomic E-state index is 12.4. The van der Waals surface area contributed by atoms with E-state index in [0.717, 1.165) is 15.4 Å². The lowest BCUT2D eigenvalue weighted by atomic mass is 10.2. The Hall–Kier alpha value is -2.34. The number of benzene rings is 2. The number of hydrogen-bond acceptors (Lipinski definition) is 3. The van der Waals surface area contributed by atoms with Crippen molar-refractivity contribution in [3.05, 3.63) is 52.6 Å². The highest BCUT2D eigenvalue weighted by Crippen LogP contribution is 2.26. The molecule has 0 saturated carbocycles. The van der Waals surface area contributed by atoms with Crippen LogP contribution in [0, 0.1) is 0 Å². The summed E-state index contributed by atoms with van der Waals surface area (Å²) in [6, 6.07) is 12.8. The van der Waals surface area contributed by atoms with Gasteiger partial charge in [-0.05, 0) is 40.2 Å². The van der Waals surface area contributed by atoms with E-state index in [4.69, 9.17) is 5.73 Å². The van der Waals surface area contributed by atoms with Crippen LogP contribution in [0.4, 0.5) is 11.4 Å². The first-order valence-electron chi connectivity index (χ1n) is 6.34. The third-order valence-electron chi connectivity index (χ3n) is 3.21. The number of hydrogen-bond donors (Lipinski definition) is 2. The zero-order valence-corrected chi connectivity index (χ0v) is 12.9. The molecule has 0 aliphatic heterocycles. The van der Waals surface area contributed by atoms with Gasteiger partial charge in [0, 0.05) is 22.6 Å². The summed E-state index contributed by atoms with van der Waals surface area (Å²) in [5.41, 5.74) is 8.29. The van der Waals surface area contributed by atoms with Gasteiger partial charge in [0.25, 0.3) is 5.91 Å². The molecule has 3 rings (SSSR count). The van der Waals surface area contributed by atoms with Crippen molar-refractivity contribution >= 4 is 44.1 Å². The van der Waals surface area contributed by atoms with E-state index in [0.29, 0.717) is 17.1 Å². The Labute approximate surface area is 129 Å². The molecule has 3 aromatic rings. The number of aryl methyl sites for hydroxylation is 1. The molecule has 0 bridgehead atoms. The van der Waals surface area contributed by atoms with Gasteiger partial charge in [-0.3, -0.25) is 9.48 Å². The number of amides is 1. The van der Waals surface area contributed by atoms with Crippen LogP contribution in [0.5, 0.6) is 0 Å². The Balaban J connectivity index is 1.98. The fourth-order valence-corrected chi connectivity index (χ4v) is 2.69. The van der Waals surface area contributed by atoms with Crippen LogP contribution in [-0.2, 0) is 7.05 Å². The molecule has 0 atom stereocenters. The van der Waals surface area contributed by atoms with Gasteiger partial charge in [0.05, 0.1) is 11.2 Å². The lowest BCUT2D eigenvalue weighted by Crippen LogP contribution is -2.13. The van der Waals surface area contributed by atoms with E-state index in [2.05, 4.69) is 26.3 Å². The Morgan fingerprint density at radius 2 is 2.05 bits per heavy atom. The van der Waals surface area contributed by atoms with E-state index in [9.17, 15) is 4.79 Å². The highest BCUT2D eigenvalue weighted by atomic mass is 79.9. The van der Waals surface area contributed by atoms with E-state index >= 15 is 0 Å². The van der Waals surface area contributed by atoms with Gasteiger partial charge in [0.15, 0.2) is 5.69 Å². The van der Waals surface area contributed by atoms with Gasteiger partial charge < -0.3 is 11.1 Å². The number of anilines is 2. The first-order valence-corrected chi connectivity index (χ1v) is 7.13. The highest BCUT2D eigenvalue weighted by molar-refractivity contribution is 9.10. The predicted molar refractivity (Wildman–Crippen MR) is 87.2 cm³/mol. The summed E-state index contributed by atoms with van der Waals surface area (Å²) in [4.78, 5) is 12.4. The van der Waals surface area contributed by atoms with Gasteiger partial charge in [0.2, 0.25) is 0 Å². The topological polar surface area (TPSA) is 72.9 Å². The van der Waals surface area contributed by atoms with Crippen molar-refractivity contribution in [1.82, 2.24) is 9.78 Å². The molecule has 1 aromatic heterocycles. The normalized spacial score (nSPS) is 10.8. The van der Waals surface area contributed by atoms with Crippen molar-refractivity contribution in [1.29, 1.82) is 0 Å². The average molecular weight is 345 g/mol. The van der Waals surface area contributed by atoms with E-state index < -0.39 is 0 Å². The molecule has 0 spiro atoms. The molecule has 0 saturated heterocycles. The monoisotopic (exact) mass is 344 g/mol. The molecule has 21 heavy (non-hydrogen) atoms. The van der Waals surface area contributed by atoms with Crippen molar-refractivity contribution in [2.24, 2.45) is 7.05 Å². The van der Waals surface area contributed by atoms with Crippen LogP contribution in [0.1, 0.15) is 10.5 Å². The van der Waals surface area contributed by atoms with Gasteiger partial charge in [-0.15, -0.1) is 0 Å². The fourth-order valence-electron chi connectivity index (χ4n) is 2.20. The number of carbonyl (C=O) groups is 1. The third-order valence-corrected chi connectivity index (χ3v) is 3.87. The summed E-state index contributed by atoms with van der Waals surface area (Å²) in [6.07, 6.45) is 0. The fraction of sp³-hybridized carbons (Fsp3) is 0.0667. The Morgan fingerprint density at radius 1 is 1.29 bits per heavy atom. The predicted octanol–water partition coefficient (Wildman–Crippen LogP) is 3.17. The zero-order valence-electron chi connectivity index (χ0n) is 11.3. The van der Waals surface area contributed by atoms with Crippen LogP contribution in [-0.4, -0.2) is 15.7 Å². The third kappa shape index (κ3) is 2.50. The lowest BCUT2D eigenvalue weighted by molar-refractivity contribution is 0.102. The molecule has 3 N–H and O–H groups in total. The number of rotatable bonds is 2. The van der Waals surface area contributed by atoms with Crippen molar-refractivity contribution in [3.63, 3.8) is 0 Å². The smallest absolute Gasteiger partial charge is 0.276 e. The van der Waals surface area contributed by atoms with Crippen LogP contribution in [0.3, 0.4) is 0 Å². The Bertz CT molecular complexity index is 841. The number of halogens is 1. The van der Waals surface area contributed by atoms with Gasteiger partial charge in [-0.2, -0.15) is 5.10 Å². The van der Waals surface area contributed by atoms with Crippen molar-refractivity contribution in [2.45, 2.75) is 0 Å². The van der Waals surface area contributed by atoms with Crippen LogP contribution in [0.25, 0.3) is 10.9 Å². The highest BCUT2D eigenvalue weighted by Gasteiger charge is 2.16. The minimum atomic E-state index is -0.253. The van der Waals surface area contributed by atoms with E-state index in [1.807, 2.05) is 31.3 Å². The molecule has 0 unspecified atom stereocenters. The maximum Gasteiger partial charge on any atom is 0.276 e. The molecule has 1 heterocycles. The molecule has 106 valence electrons. The largest absolute Gasteiger partial charge is 0.399 e. The molecule has 6 heteroatoms. The molecule has 0 radical (unpaired) electrons. The summed E-state index contributed by atoms with van der Waals surface area (Å²) in [7, 11) is 1.82. The summed E-state index contributed by atoms with van der Waals surface area (Å²) < 4.78 is 2.43. The van der Waals surface area contributed by atoms with Crippen molar-refractivity contribution < 1.29 is 4.79 Å². The minimum Gasteiger partial charge on any atom is -0.399 e.